The quantitative estimate of drug-likeness (QED) is 0.622. The molecule has 0 bridgehead atoms. The molecule has 4 heterocycles. The van der Waals surface area contributed by atoms with Gasteiger partial charge in [-0.15, -0.1) is 11.8 Å². The molecule has 1 fully saturated rings. The standard InChI is InChI=1S/C21H23F2N7OS/c1-29-9-14(7-26-29)13-6-25-19-15(8-27-30(19)10-13)12-5-17(32-11-12)20(31)28-16-3-2-4-21(22,23)18(16)24/h6-11,16-18H,2-5,24H2,1H3,(H,28,31)/t16-,17?,18+/m1/s1. The normalized spacial score (nSPS) is 25.1. The summed E-state index contributed by atoms with van der Waals surface area (Å²) in [5.41, 5.74) is 10.1. The molecule has 1 saturated carbocycles. The molecule has 32 heavy (non-hydrogen) atoms. The van der Waals surface area contributed by atoms with Crippen molar-refractivity contribution in [2.45, 2.75) is 48.9 Å². The van der Waals surface area contributed by atoms with Crippen LogP contribution in [0.4, 0.5) is 8.78 Å². The van der Waals surface area contributed by atoms with E-state index in [1.807, 2.05) is 24.8 Å². The number of hydrogen-bond acceptors (Lipinski definition) is 6. The molecular formula is C21H23F2N7OS. The number of hydrogen-bond donors (Lipinski definition) is 2. The van der Waals surface area contributed by atoms with E-state index >= 15 is 0 Å². The maximum atomic E-state index is 13.9. The number of alkyl halides is 2. The summed E-state index contributed by atoms with van der Waals surface area (Å²) in [7, 11) is 1.85. The topological polar surface area (TPSA) is 103 Å². The van der Waals surface area contributed by atoms with Crippen LogP contribution in [0.25, 0.3) is 22.3 Å². The Bertz CT molecular complexity index is 1200. The molecule has 2 aliphatic rings. The number of fused-ring (bicyclic) bond motifs is 1. The summed E-state index contributed by atoms with van der Waals surface area (Å²) in [4.78, 5) is 17.3. The Hall–Kier alpha value is -2.79. The van der Waals surface area contributed by atoms with E-state index in [9.17, 15) is 13.6 Å². The van der Waals surface area contributed by atoms with Gasteiger partial charge in [0.2, 0.25) is 5.91 Å². The first-order chi connectivity index (χ1) is 15.3. The number of aryl methyl sites for hydroxylation is 1. The molecule has 0 aromatic carbocycles. The predicted octanol–water partition coefficient (Wildman–Crippen LogP) is 2.61. The molecule has 0 spiro atoms. The highest BCUT2D eigenvalue weighted by molar-refractivity contribution is 8.03. The number of carbonyl (C=O) groups is 1. The van der Waals surface area contributed by atoms with Crippen LogP contribution in [0.2, 0.25) is 0 Å². The van der Waals surface area contributed by atoms with E-state index in [4.69, 9.17) is 5.73 Å². The number of rotatable bonds is 4. The van der Waals surface area contributed by atoms with Gasteiger partial charge in [0.25, 0.3) is 5.92 Å². The molecule has 5 rings (SSSR count). The second-order valence-electron chi connectivity index (χ2n) is 8.34. The summed E-state index contributed by atoms with van der Waals surface area (Å²) in [5.74, 6) is -3.21. The Morgan fingerprint density at radius 3 is 2.84 bits per heavy atom. The van der Waals surface area contributed by atoms with Crippen molar-refractivity contribution in [2.24, 2.45) is 12.8 Å². The van der Waals surface area contributed by atoms with Crippen LogP contribution in [-0.2, 0) is 11.8 Å². The highest BCUT2D eigenvalue weighted by Crippen LogP contribution is 2.38. The molecule has 11 heteroatoms. The van der Waals surface area contributed by atoms with Gasteiger partial charge in [-0.1, -0.05) is 0 Å². The fourth-order valence-corrected chi connectivity index (χ4v) is 5.26. The molecule has 168 valence electrons. The SMILES string of the molecule is Cn1cc(-c2cnc3c(C4=CSC(C(=O)N[C@@H]5CCCC(F)(F)[C@H]5N)C4)cnn3c2)cn1. The fourth-order valence-electron chi connectivity index (χ4n) is 4.24. The van der Waals surface area contributed by atoms with E-state index in [1.54, 1.807) is 27.8 Å². The number of allylic oxidation sites excluding steroid dienone is 1. The van der Waals surface area contributed by atoms with Gasteiger partial charge in [0, 0.05) is 54.8 Å². The number of thioether (sulfide) groups is 1. The first kappa shape index (κ1) is 21.1. The van der Waals surface area contributed by atoms with Gasteiger partial charge >= 0.3 is 0 Å². The number of amides is 1. The highest BCUT2D eigenvalue weighted by atomic mass is 32.2. The molecule has 3 N–H and O–H groups in total. The third-order valence-electron chi connectivity index (χ3n) is 6.09. The molecule has 1 unspecified atom stereocenters. The number of nitrogens with zero attached hydrogens (tertiary/aromatic N) is 5. The van der Waals surface area contributed by atoms with Gasteiger partial charge < -0.3 is 11.1 Å². The Balaban J connectivity index is 1.28. The highest BCUT2D eigenvalue weighted by Gasteiger charge is 2.45. The van der Waals surface area contributed by atoms with Gasteiger partial charge in [0.1, 0.15) is 0 Å². The lowest BCUT2D eigenvalue weighted by Gasteiger charge is -2.36. The minimum Gasteiger partial charge on any atom is -0.351 e. The van der Waals surface area contributed by atoms with Crippen molar-refractivity contribution in [3.8, 4) is 11.1 Å². The van der Waals surface area contributed by atoms with Crippen molar-refractivity contribution in [3.63, 3.8) is 0 Å². The summed E-state index contributed by atoms with van der Waals surface area (Å²) < 4.78 is 31.2. The van der Waals surface area contributed by atoms with Gasteiger partial charge in [-0.2, -0.15) is 10.2 Å². The van der Waals surface area contributed by atoms with Crippen LogP contribution in [0.5, 0.6) is 0 Å². The largest absolute Gasteiger partial charge is 0.351 e. The molecule has 0 radical (unpaired) electrons. The summed E-state index contributed by atoms with van der Waals surface area (Å²) >= 11 is 1.38. The molecule has 3 aromatic heterocycles. The molecule has 3 aromatic rings. The first-order valence-corrected chi connectivity index (χ1v) is 11.4. The second-order valence-corrected chi connectivity index (χ2v) is 9.41. The van der Waals surface area contributed by atoms with Gasteiger partial charge in [-0.3, -0.25) is 9.48 Å². The Labute approximate surface area is 187 Å². The molecule has 3 atom stereocenters. The zero-order chi connectivity index (χ0) is 22.5. The summed E-state index contributed by atoms with van der Waals surface area (Å²) in [6.07, 6.45) is 10.1. The Morgan fingerprint density at radius 1 is 1.25 bits per heavy atom. The molecule has 1 amide bonds. The summed E-state index contributed by atoms with van der Waals surface area (Å²) in [6, 6.07) is -2.06. The number of aromatic nitrogens is 5. The third-order valence-corrected chi connectivity index (χ3v) is 7.22. The van der Waals surface area contributed by atoms with Crippen molar-refractivity contribution in [1.29, 1.82) is 0 Å². The maximum absolute atomic E-state index is 13.9. The monoisotopic (exact) mass is 459 g/mol. The number of halogens is 2. The predicted molar refractivity (Wildman–Crippen MR) is 118 cm³/mol. The van der Waals surface area contributed by atoms with Crippen molar-refractivity contribution < 1.29 is 13.6 Å². The van der Waals surface area contributed by atoms with E-state index in [-0.39, 0.29) is 12.3 Å². The summed E-state index contributed by atoms with van der Waals surface area (Å²) in [5, 5.41) is 12.9. The van der Waals surface area contributed by atoms with Crippen molar-refractivity contribution in [2.75, 3.05) is 0 Å². The fraction of sp³-hybridized carbons (Fsp3) is 0.429. The van der Waals surface area contributed by atoms with E-state index in [0.29, 0.717) is 24.9 Å². The van der Waals surface area contributed by atoms with Crippen LogP contribution in [0.3, 0.4) is 0 Å². The maximum Gasteiger partial charge on any atom is 0.264 e. The van der Waals surface area contributed by atoms with Gasteiger partial charge in [0.05, 0.1) is 23.7 Å². The number of carbonyl (C=O) groups excluding carboxylic acids is 1. The van der Waals surface area contributed by atoms with E-state index < -0.39 is 23.3 Å². The van der Waals surface area contributed by atoms with Crippen molar-refractivity contribution in [3.05, 3.63) is 42.0 Å². The van der Waals surface area contributed by atoms with Gasteiger partial charge in [0.15, 0.2) is 5.65 Å². The minimum atomic E-state index is -2.94. The molecule has 0 saturated heterocycles. The average Bonchev–Trinajstić information content (AvgIpc) is 3.49. The molecule has 8 nitrogen and oxygen atoms in total. The molecule has 1 aliphatic heterocycles. The Morgan fingerprint density at radius 2 is 2.06 bits per heavy atom. The summed E-state index contributed by atoms with van der Waals surface area (Å²) in [6.45, 7) is 0. The first-order valence-electron chi connectivity index (χ1n) is 10.4. The zero-order valence-corrected chi connectivity index (χ0v) is 18.2. The Kier molecular flexibility index (Phi) is 5.25. The van der Waals surface area contributed by atoms with Crippen molar-refractivity contribution in [1.82, 2.24) is 29.7 Å². The lowest BCUT2D eigenvalue weighted by Crippen LogP contribution is -2.59. The minimum absolute atomic E-state index is 0.228. The van der Waals surface area contributed by atoms with Crippen LogP contribution >= 0.6 is 11.8 Å². The van der Waals surface area contributed by atoms with Crippen molar-refractivity contribution >= 4 is 28.9 Å². The number of nitrogens with two attached hydrogens (primary N) is 1. The molecular weight excluding hydrogens is 436 g/mol. The van der Waals surface area contributed by atoms with Crippen LogP contribution in [-0.4, -0.2) is 53.5 Å². The van der Waals surface area contributed by atoms with Crippen LogP contribution in [0, 0.1) is 0 Å². The molecule has 1 aliphatic carbocycles. The third kappa shape index (κ3) is 3.79. The van der Waals surface area contributed by atoms with E-state index in [2.05, 4.69) is 20.5 Å². The zero-order valence-electron chi connectivity index (χ0n) is 17.4. The van der Waals surface area contributed by atoms with Crippen LogP contribution < -0.4 is 11.1 Å². The lowest BCUT2D eigenvalue weighted by atomic mass is 9.87. The smallest absolute Gasteiger partial charge is 0.264 e. The second kappa shape index (κ2) is 7.96. The van der Waals surface area contributed by atoms with Crippen LogP contribution in [0.15, 0.2) is 36.4 Å². The number of nitrogens with one attached hydrogen (secondary N) is 1. The van der Waals surface area contributed by atoms with E-state index in [1.165, 1.54) is 11.8 Å². The van der Waals surface area contributed by atoms with Gasteiger partial charge in [-0.05, 0) is 30.2 Å². The average molecular weight is 460 g/mol. The lowest BCUT2D eigenvalue weighted by molar-refractivity contribution is -0.123. The van der Waals surface area contributed by atoms with E-state index in [0.717, 1.165) is 22.3 Å². The van der Waals surface area contributed by atoms with Gasteiger partial charge in [-0.25, -0.2) is 18.3 Å². The van der Waals surface area contributed by atoms with Crippen LogP contribution in [0.1, 0.15) is 31.2 Å².